The van der Waals surface area contributed by atoms with E-state index in [2.05, 4.69) is 45.1 Å². The lowest BCUT2D eigenvalue weighted by Crippen LogP contribution is -2.32. The van der Waals surface area contributed by atoms with Crippen molar-refractivity contribution in [1.29, 1.82) is 0 Å². The molecule has 0 bridgehead atoms. The van der Waals surface area contributed by atoms with Crippen LogP contribution in [-0.4, -0.2) is 13.7 Å². The number of rotatable bonds is 5. The third-order valence-electron chi connectivity index (χ3n) is 2.78. The van der Waals surface area contributed by atoms with E-state index in [4.69, 9.17) is 4.74 Å². The van der Waals surface area contributed by atoms with Crippen molar-refractivity contribution in [1.82, 2.24) is 5.32 Å². The van der Waals surface area contributed by atoms with Crippen molar-refractivity contribution in [3.63, 3.8) is 0 Å². The molecule has 1 aromatic rings. The maximum atomic E-state index is 5.65. The Morgan fingerprint density at radius 1 is 1.19 bits per heavy atom. The molecule has 90 valence electrons. The van der Waals surface area contributed by atoms with Crippen LogP contribution in [0.5, 0.6) is 5.75 Å². The molecule has 0 heterocycles. The average Bonchev–Trinajstić information content (AvgIpc) is 2.27. The van der Waals surface area contributed by atoms with Gasteiger partial charge in [-0.3, -0.25) is 0 Å². The Morgan fingerprint density at radius 3 is 2.19 bits per heavy atom. The molecule has 0 fully saturated rings. The second-order valence-electron chi connectivity index (χ2n) is 5.10. The Bertz CT molecular complexity index is 314. The van der Waals surface area contributed by atoms with E-state index >= 15 is 0 Å². The van der Waals surface area contributed by atoms with E-state index in [0.29, 0.717) is 5.92 Å². The molecule has 0 amide bonds. The molecule has 0 saturated carbocycles. The van der Waals surface area contributed by atoms with Gasteiger partial charge in [-0.05, 0) is 44.5 Å². The molecule has 0 radical (unpaired) electrons. The average molecular weight is 221 g/mol. The molecule has 0 saturated heterocycles. The first-order valence-corrected chi connectivity index (χ1v) is 5.88. The zero-order valence-corrected chi connectivity index (χ0v) is 11.0. The SMILES string of the molecule is CNC(C)(C)c1ccc(OCC(C)C)cc1. The van der Waals surface area contributed by atoms with E-state index in [9.17, 15) is 0 Å². The fourth-order valence-corrected chi connectivity index (χ4v) is 1.38. The monoisotopic (exact) mass is 221 g/mol. The highest BCUT2D eigenvalue weighted by Gasteiger charge is 2.16. The quantitative estimate of drug-likeness (QED) is 0.824. The second-order valence-corrected chi connectivity index (χ2v) is 5.10. The fraction of sp³-hybridized carbons (Fsp3) is 0.571. The van der Waals surface area contributed by atoms with Crippen molar-refractivity contribution < 1.29 is 4.74 Å². The van der Waals surface area contributed by atoms with Crippen molar-refractivity contribution in [3.8, 4) is 5.75 Å². The molecule has 0 aliphatic rings. The van der Waals surface area contributed by atoms with Gasteiger partial charge in [0, 0.05) is 5.54 Å². The highest BCUT2D eigenvalue weighted by atomic mass is 16.5. The van der Waals surface area contributed by atoms with Crippen LogP contribution in [0, 0.1) is 5.92 Å². The van der Waals surface area contributed by atoms with Crippen LogP contribution in [-0.2, 0) is 5.54 Å². The lowest BCUT2D eigenvalue weighted by molar-refractivity contribution is 0.271. The molecule has 0 aromatic heterocycles. The minimum Gasteiger partial charge on any atom is -0.493 e. The van der Waals surface area contributed by atoms with E-state index in [0.717, 1.165) is 12.4 Å². The largest absolute Gasteiger partial charge is 0.493 e. The predicted octanol–water partition coefficient (Wildman–Crippen LogP) is 3.18. The van der Waals surface area contributed by atoms with Crippen LogP contribution in [0.25, 0.3) is 0 Å². The third-order valence-corrected chi connectivity index (χ3v) is 2.78. The Kier molecular flexibility index (Phi) is 4.36. The van der Waals surface area contributed by atoms with E-state index < -0.39 is 0 Å². The molecule has 2 heteroatoms. The predicted molar refractivity (Wildman–Crippen MR) is 68.9 cm³/mol. The van der Waals surface area contributed by atoms with Crippen LogP contribution in [0.15, 0.2) is 24.3 Å². The Labute approximate surface area is 99.0 Å². The Balaban J connectivity index is 2.68. The van der Waals surface area contributed by atoms with Gasteiger partial charge >= 0.3 is 0 Å². The first-order chi connectivity index (χ1) is 7.45. The molecule has 1 rings (SSSR count). The lowest BCUT2D eigenvalue weighted by atomic mass is 9.95. The van der Waals surface area contributed by atoms with Crippen LogP contribution >= 0.6 is 0 Å². The topological polar surface area (TPSA) is 21.3 Å². The molecule has 2 nitrogen and oxygen atoms in total. The van der Waals surface area contributed by atoms with Crippen LogP contribution in [0.2, 0.25) is 0 Å². The summed E-state index contributed by atoms with van der Waals surface area (Å²) in [5, 5.41) is 3.29. The standard InChI is InChI=1S/C14H23NO/c1-11(2)10-16-13-8-6-12(7-9-13)14(3,4)15-5/h6-9,11,15H,10H2,1-5H3. The highest BCUT2D eigenvalue weighted by molar-refractivity contribution is 5.31. The normalized spacial score (nSPS) is 11.9. The zero-order valence-electron chi connectivity index (χ0n) is 11.0. The number of nitrogens with one attached hydrogen (secondary N) is 1. The molecule has 0 aliphatic heterocycles. The molecule has 0 atom stereocenters. The van der Waals surface area contributed by atoms with Gasteiger partial charge < -0.3 is 10.1 Å². The van der Waals surface area contributed by atoms with Crippen LogP contribution in [0.4, 0.5) is 0 Å². The summed E-state index contributed by atoms with van der Waals surface area (Å²) in [4.78, 5) is 0. The summed E-state index contributed by atoms with van der Waals surface area (Å²) >= 11 is 0. The van der Waals surface area contributed by atoms with Gasteiger partial charge in [0.05, 0.1) is 6.61 Å². The highest BCUT2D eigenvalue weighted by Crippen LogP contribution is 2.22. The van der Waals surface area contributed by atoms with Crippen molar-refractivity contribution in [2.45, 2.75) is 33.2 Å². The smallest absolute Gasteiger partial charge is 0.119 e. The fourth-order valence-electron chi connectivity index (χ4n) is 1.38. The number of hydrogen-bond donors (Lipinski definition) is 1. The van der Waals surface area contributed by atoms with Crippen molar-refractivity contribution in [3.05, 3.63) is 29.8 Å². The molecule has 0 aliphatic carbocycles. The van der Waals surface area contributed by atoms with Gasteiger partial charge in [-0.25, -0.2) is 0 Å². The maximum absolute atomic E-state index is 5.65. The summed E-state index contributed by atoms with van der Waals surface area (Å²) in [7, 11) is 1.98. The van der Waals surface area contributed by atoms with E-state index in [1.54, 1.807) is 0 Å². The summed E-state index contributed by atoms with van der Waals surface area (Å²) in [5.41, 5.74) is 1.28. The lowest BCUT2D eigenvalue weighted by Gasteiger charge is -2.24. The maximum Gasteiger partial charge on any atom is 0.119 e. The minimum atomic E-state index is 0.0105. The Morgan fingerprint density at radius 2 is 1.75 bits per heavy atom. The van der Waals surface area contributed by atoms with E-state index in [1.165, 1.54) is 5.56 Å². The van der Waals surface area contributed by atoms with Gasteiger partial charge in [-0.1, -0.05) is 26.0 Å². The van der Waals surface area contributed by atoms with Gasteiger partial charge in [-0.15, -0.1) is 0 Å². The van der Waals surface area contributed by atoms with Gasteiger partial charge in [0.15, 0.2) is 0 Å². The number of ether oxygens (including phenoxy) is 1. The van der Waals surface area contributed by atoms with Gasteiger partial charge in [-0.2, -0.15) is 0 Å². The van der Waals surface area contributed by atoms with E-state index in [-0.39, 0.29) is 5.54 Å². The summed E-state index contributed by atoms with van der Waals surface area (Å²) in [5.74, 6) is 1.51. The first kappa shape index (κ1) is 13.0. The summed E-state index contributed by atoms with van der Waals surface area (Å²) in [6.45, 7) is 9.40. The van der Waals surface area contributed by atoms with Crippen molar-refractivity contribution >= 4 is 0 Å². The second kappa shape index (κ2) is 5.35. The molecule has 0 unspecified atom stereocenters. The van der Waals surface area contributed by atoms with Crippen LogP contribution in [0.3, 0.4) is 0 Å². The summed E-state index contributed by atoms with van der Waals surface area (Å²) < 4.78 is 5.65. The van der Waals surface area contributed by atoms with Gasteiger partial charge in [0.1, 0.15) is 5.75 Å². The van der Waals surface area contributed by atoms with Crippen LogP contribution < -0.4 is 10.1 Å². The van der Waals surface area contributed by atoms with Crippen molar-refractivity contribution in [2.75, 3.05) is 13.7 Å². The molecule has 1 N–H and O–H groups in total. The van der Waals surface area contributed by atoms with Gasteiger partial charge in [0.25, 0.3) is 0 Å². The zero-order chi connectivity index (χ0) is 12.2. The van der Waals surface area contributed by atoms with Crippen LogP contribution in [0.1, 0.15) is 33.3 Å². The third kappa shape index (κ3) is 3.53. The molecular weight excluding hydrogens is 198 g/mol. The van der Waals surface area contributed by atoms with Gasteiger partial charge in [0.2, 0.25) is 0 Å². The number of benzene rings is 1. The van der Waals surface area contributed by atoms with Crippen molar-refractivity contribution in [2.24, 2.45) is 5.92 Å². The number of hydrogen-bond acceptors (Lipinski definition) is 2. The first-order valence-electron chi connectivity index (χ1n) is 5.88. The van der Waals surface area contributed by atoms with E-state index in [1.807, 2.05) is 19.2 Å². The molecular formula is C14H23NO. The molecule has 16 heavy (non-hydrogen) atoms. The molecule has 0 spiro atoms. The summed E-state index contributed by atoms with van der Waals surface area (Å²) in [6.07, 6.45) is 0. The minimum absolute atomic E-state index is 0.0105. The Hall–Kier alpha value is -1.02. The molecule has 1 aromatic carbocycles. The summed E-state index contributed by atoms with van der Waals surface area (Å²) in [6, 6.07) is 8.31.